The first kappa shape index (κ1) is 12.8. The molecule has 2 rings (SSSR count). The molecule has 0 radical (unpaired) electrons. The number of morpholine rings is 1. The second kappa shape index (κ2) is 5.79. The third-order valence-electron chi connectivity index (χ3n) is 2.71. The van der Waals surface area contributed by atoms with E-state index in [0.717, 1.165) is 5.69 Å². The maximum absolute atomic E-state index is 12.0. The molecule has 98 valence electrons. The van der Waals surface area contributed by atoms with Crippen molar-refractivity contribution in [3.63, 3.8) is 0 Å². The smallest absolute Gasteiger partial charge is 0.323 e. The maximum atomic E-state index is 12.0. The summed E-state index contributed by atoms with van der Waals surface area (Å²) in [6, 6.07) is 5.32. The van der Waals surface area contributed by atoms with E-state index in [1.165, 1.54) is 0 Å². The van der Waals surface area contributed by atoms with Crippen molar-refractivity contribution in [3.8, 4) is 0 Å². The van der Waals surface area contributed by atoms with Gasteiger partial charge in [0, 0.05) is 19.3 Å². The molecule has 1 aliphatic heterocycles. The minimum Gasteiger partial charge on any atom is -0.354 e. The van der Waals surface area contributed by atoms with E-state index < -0.39 is 0 Å². The largest absolute Gasteiger partial charge is 0.354 e. The lowest BCUT2D eigenvalue weighted by Crippen LogP contribution is -2.48. The Morgan fingerprint density at radius 2 is 2.44 bits per heavy atom. The Kier molecular flexibility index (Phi) is 4.11. The van der Waals surface area contributed by atoms with Crippen LogP contribution in [-0.4, -0.2) is 49.0 Å². The zero-order valence-electron chi connectivity index (χ0n) is 10.5. The number of ether oxygens (including phenoxy) is 2. The summed E-state index contributed by atoms with van der Waals surface area (Å²) in [5, 5.41) is 2.76. The Morgan fingerprint density at radius 1 is 1.61 bits per heavy atom. The highest BCUT2D eigenvalue weighted by molar-refractivity contribution is 5.88. The van der Waals surface area contributed by atoms with Gasteiger partial charge in [0.05, 0.1) is 13.2 Å². The lowest BCUT2D eigenvalue weighted by atomic mass is 10.3. The summed E-state index contributed by atoms with van der Waals surface area (Å²) in [5.41, 5.74) is 0.865. The molecule has 1 aromatic rings. The highest BCUT2D eigenvalue weighted by Crippen LogP contribution is 2.09. The van der Waals surface area contributed by atoms with Gasteiger partial charge < -0.3 is 14.4 Å². The van der Waals surface area contributed by atoms with Crippen LogP contribution in [0.5, 0.6) is 0 Å². The van der Waals surface area contributed by atoms with Crippen LogP contribution in [0.4, 0.5) is 10.6 Å². The molecular formula is C12H17N3O3. The molecule has 6 nitrogen and oxygen atoms in total. The highest BCUT2D eigenvalue weighted by atomic mass is 16.7. The minimum atomic E-state index is -0.352. The lowest BCUT2D eigenvalue weighted by molar-refractivity contribution is -0.155. The zero-order chi connectivity index (χ0) is 13.0. The molecule has 1 aromatic heterocycles. The van der Waals surface area contributed by atoms with Crippen LogP contribution < -0.4 is 5.32 Å². The van der Waals surface area contributed by atoms with Crippen molar-refractivity contribution in [2.24, 2.45) is 0 Å². The number of hydrogen-bond acceptors (Lipinski definition) is 4. The van der Waals surface area contributed by atoms with Crippen molar-refractivity contribution in [1.29, 1.82) is 0 Å². The molecule has 1 saturated heterocycles. The molecule has 0 spiro atoms. The van der Waals surface area contributed by atoms with Gasteiger partial charge in [-0.1, -0.05) is 6.07 Å². The van der Waals surface area contributed by atoms with Gasteiger partial charge in [-0.3, -0.25) is 5.32 Å². The summed E-state index contributed by atoms with van der Waals surface area (Å²) < 4.78 is 10.4. The van der Waals surface area contributed by atoms with Crippen LogP contribution in [0, 0.1) is 6.92 Å². The third kappa shape index (κ3) is 3.18. The number of aryl methyl sites for hydroxylation is 1. The molecule has 1 fully saturated rings. The topological polar surface area (TPSA) is 63.7 Å². The maximum Gasteiger partial charge on any atom is 0.323 e. The van der Waals surface area contributed by atoms with Gasteiger partial charge in [-0.25, -0.2) is 9.78 Å². The van der Waals surface area contributed by atoms with Gasteiger partial charge in [0.2, 0.25) is 0 Å². The summed E-state index contributed by atoms with van der Waals surface area (Å²) in [7, 11) is 1.56. The van der Waals surface area contributed by atoms with Crippen molar-refractivity contribution < 1.29 is 14.3 Å². The molecule has 0 aliphatic carbocycles. The van der Waals surface area contributed by atoms with Crippen molar-refractivity contribution in [2.45, 2.75) is 13.2 Å². The number of nitrogens with zero attached hydrogens (tertiary/aromatic N) is 2. The van der Waals surface area contributed by atoms with Gasteiger partial charge in [0.25, 0.3) is 0 Å². The number of pyridine rings is 1. The van der Waals surface area contributed by atoms with Crippen molar-refractivity contribution in [1.82, 2.24) is 9.88 Å². The van der Waals surface area contributed by atoms with Gasteiger partial charge in [0.15, 0.2) is 6.29 Å². The first-order valence-electron chi connectivity index (χ1n) is 5.83. The molecule has 18 heavy (non-hydrogen) atoms. The number of methoxy groups -OCH3 is 1. The van der Waals surface area contributed by atoms with E-state index in [2.05, 4.69) is 10.3 Å². The lowest BCUT2D eigenvalue weighted by Gasteiger charge is -2.31. The third-order valence-corrected chi connectivity index (χ3v) is 2.71. The van der Waals surface area contributed by atoms with Crippen molar-refractivity contribution in [3.05, 3.63) is 23.9 Å². The van der Waals surface area contributed by atoms with Crippen LogP contribution in [0.3, 0.4) is 0 Å². The predicted octanol–water partition coefficient (Wildman–Crippen LogP) is 1.23. The Labute approximate surface area is 106 Å². The molecule has 1 N–H and O–H groups in total. The Bertz CT molecular complexity index is 425. The molecule has 0 bridgehead atoms. The van der Waals surface area contributed by atoms with Gasteiger partial charge in [-0.15, -0.1) is 0 Å². The Morgan fingerprint density at radius 3 is 3.17 bits per heavy atom. The predicted molar refractivity (Wildman–Crippen MR) is 66.3 cm³/mol. The molecule has 6 heteroatoms. The second-order valence-corrected chi connectivity index (χ2v) is 4.08. The molecule has 0 saturated carbocycles. The second-order valence-electron chi connectivity index (χ2n) is 4.08. The van der Waals surface area contributed by atoms with Crippen molar-refractivity contribution >= 4 is 11.8 Å². The molecule has 1 unspecified atom stereocenters. The van der Waals surface area contributed by atoms with Gasteiger partial charge in [-0.05, 0) is 19.1 Å². The van der Waals surface area contributed by atoms with E-state index in [9.17, 15) is 4.79 Å². The average molecular weight is 251 g/mol. The number of hydrogen-bond donors (Lipinski definition) is 1. The van der Waals surface area contributed by atoms with E-state index in [1.54, 1.807) is 18.1 Å². The molecule has 2 heterocycles. The molecule has 2 amide bonds. The van der Waals surface area contributed by atoms with E-state index >= 15 is 0 Å². The SMILES string of the molecule is COC1CN(C(=O)Nc2cccc(C)n2)CCO1. The fraction of sp³-hybridized carbons (Fsp3) is 0.500. The van der Waals surface area contributed by atoms with Crippen LogP contribution >= 0.6 is 0 Å². The van der Waals surface area contributed by atoms with Crippen molar-refractivity contribution in [2.75, 3.05) is 32.1 Å². The standard InChI is InChI=1S/C12H17N3O3/c1-9-4-3-5-10(13-9)14-12(16)15-6-7-18-11(8-15)17-2/h3-5,11H,6-8H2,1-2H3,(H,13,14,16). The fourth-order valence-corrected chi connectivity index (χ4v) is 1.75. The summed E-state index contributed by atoms with van der Waals surface area (Å²) in [6.07, 6.45) is -0.352. The van der Waals surface area contributed by atoms with E-state index in [4.69, 9.17) is 9.47 Å². The first-order valence-corrected chi connectivity index (χ1v) is 5.83. The summed E-state index contributed by atoms with van der Waals surface area (Å²) in [6.45, 7) is 3.34. The molecule has 1 aliphatic rings. The van der Waals surface area contributed by atoms with Crippen LogP contribution in [0.2, 0.25) is 0 Å². The Balaban J connectivity index is 1.95. The Hall–Kier alpha value is -1.66. The minimum absolute atomic E-state index is 0.182. The highest BCUT2D eigenvalue weighted by Gasteiger charge is 2.24. The number of anilines is 1. The van der Waals surface area contributed by atoms with Crippen LogP contribution in [0.25, 0.3) is 0 Å². The molecular weight excluding hydrogens is 234 g/mol. The molecule has 1 atom stereocenters. The summed E-state index contributed by atoms with van der Waals surface area (Å²) in [4.78, 5) is 17.9. The number of nitrogens with one attached hydrogen (secondary N) is 1. The van der Waals surface area contributed by atoms with Gasteiger partial charge in [-0.2, -0.15) is 0 Å². The number of urea groups is 1. The van der Waals surface area contributed by atoms with E-state index in [1.807, 2.05) is 19.1 Å². The fourth-order valence-electron chi connectivity index (χ4n) is 1.75. The van der Waals surface area contributed by atoms with Crippen LogP contribution in [0.1, 0.15) is 5.69 Å². The van der Waals surface area contributed by atoms with Crippen LogP contribution in [0.15, 0.2) is 18.2 Å². The summed E-state index contributed by atoms with van der Waals surface area (Å²) >= 11 is 0. The number of rotatable bonds is 2. The van der Waals surface area contributed by atoms with E-state index in [-0.39, 0.29) is 12.3 Å². The number of amides is 2. The quantitative estimate of drug-likeness (QED) is 0.858. The van der Waals surface area contributed by atoms with Crippen LogP contribution in [-0.2, 0) is 9.47 Å². The zero-order valence-corrected chi connectivity index (χ0v) is 10.5. The van der Waals surface area contributed by atoms with Gasteiger partial charge >= 0.3 is 6.03 Å². The average Bonchev–Trinajstić information content (AvgIpc) is 2.39. The first-order chi connectivity index (χ1) is 8.69. The number of carbonyl (C=O) groups excluding carboxylic acids is 1. The number of carbonyl (C=O) groups is 1. The molecule has 0 aromatic carbocycles. The van der Waals surface area contributed by atoms with E-state index in [0.29, 0.717) is 25.5 Å². The number of aromatic nitrogens is 1. The summed E-state index contributed by atoms with van der Waals surface area (Å²) in [5.74, 6) is 0.556. The monoisotopic (exact) mass is 251 g/mol. The van der Waals surface area contributed by atoms with Gasteiger partial charge in [0.1, 0.15) is 5.82 Å². The normalized spacial score (nSPS) is 19.7.